The van der Waals surface area contributed by atoms with Crippen LogP contribution in [0.2, 0.25) is 4.34 Å². The summed E-state index contributed by atoms with van der Waals surface area (Å²) in [5.41, 5.74) is 0. The lowest BCUT2D eigenvalue weighted by atomic mass is 10.3. The second-order valence-electron chi connectivity index (χ2n) is 2.42. The van der Waals surface area contributed by atoms with E-state index in [1.165, 1.54) is 17.7 Å². The first-order chi connectivity index (χ1) is 6.27. The van der Waals surface area contributed by atoms with Gasteiger partial charge >= 0.3 is 0 Å². The van der Waals surface area contributed by atoms with E-state index in [9.17, 15) is 5.11 Å². The van der Waals surface area contributed by atoms with Gasteiger partial charge in [0.1, 0.15) is 12.4 Å². The average Bonchev–Trinajstić information content (AvgIpc) is 2.72. The molecule has 0 fully saturated rings. The van der Waals surface area contributed by atoms with E-state index in [1.54, 1.807) is 12.1 Å². The van der Waals surface area contributed by atoms with Crippen LogP contribution in [0.1, 0.15) is 16.8 Å². The molecular weight excluding hydrogens is 210 g/mol. The SMILES string of the molecule is OC(c1ncn[nH]1)c1ccc(Cl)s1. The van der Waals surface area contributed by atoms with Gasteiger partial charge in [-0.25, -0.2) is 4.98 Å². The number of H-pyrrole nitrogens is 1. The van der Waals surface area contributed by atoms with E-state index in [1.807, 2.05) is 0 Å². The highest BCUT2D eigenvalue weighted by Gasteiger charge is 2.14. The van der Waals surface area contributed by atoms with Gasteiger partial charge in [0.25, 0.3) is 0 Å². The Morgan fingerprint density at radius 3 is 2.92 bits per heavy atom. The number of aromatic nitrogens is 3. The van der Waals surface area contributed by atoms with E-state index in [2.05, 4.69) is 15.2 Å². The molecule has 0 aromatic carbocycles. The molecule has 0 radical (unpaired) electrons. The van der Waals surface area contributed by atoms with Gasteiger partial charge in [-0.05, 0) is 12.1 Å². The lowest BCUT2D eigenvalue weighted by Gasteiger charge is -2.02. The highest BCUT2D eigenvalue weighted by Crippen LogP contribution is 2.28. The Hall–Kier alpha value is -0.910. The maximum Gasteiger partial charge on any atom is 0.158 e. The van der Waals surface area contributed by atoms with Crippen LogP contribution in [0.25, 0.3) is 0 Å². The summed E-state index contributed by atoms with van der Waals surface area (Å²) in [5, 5.41) is 16.0. The van der Waals surface area contributed by atoms with Gasteiger partial charge in [0, 0.05) is 4.88 Å². The summed E-state index contributed by atoms with van der Waals surface area (Å²) >= 11 is 7.05. The molecule has 4 nitrogen and oxygen atoms in total. The molecule has 2 N–H and O–H groups in total. The van der Waals surface area contributed by atoms with Crippen molar-refractivity contribution in [2.75, 3.05) is 0 Å². The molecule has 2 rings (SSSR count). The highest BCUT2D eigenvalue weighted by molar-refractivity contribution is 7.16. The molecule has 13 heavy (non-hydrogen) atoms. The third-order valence-corrected chi connectivity index (χ3v) is 2.84. The largest absolute Gasteiger partial charge is 0.379 e. The van der Waals surface area contributed by atoms with Crippen LogP contribution in [-0.4, -0.2) is 20.3 Å². The van der Waals surface area contributed by atoms with Gasteiger partial charge in [-0.15, -0.1) is 11.3 Å². The van der Waals surface area contributed by atoms with E-state index in [0.29, 0.717) is 10.2 Å². The number of nitrogens with zero attached hydrogens (tertiary/aromatic N) is 2. The first kappa shape index (κ1) is 8.68. The molecule has 0 aliphatic carbocycles. The monoisotopic (exact) mass is 215 g/mol. The molecule has 0 saturated carbocycles. The van der Waals surface area contributed by atoms with Crippen molar-refractivity contribution < 1.29 is 5.11 Å². The summed E-state index contributed by atoms with van der Waals surface area (Å²) in [5.74, 6) is 0.429. The number of rotatable bonds is 2. The van der Waals surface area contributed by atoms with Gasteiger partial charge in [-0.3, -0.25) is 5.10 Å². The number of aromatic amines is 1. The molecule has 0 amide bonds. The molecule has 0 aliphatic heterocycles. The molecule has 0 spiro atoms. The molecule has 2 aromatic rings. The Morgan fingerprint density at radius 2 is 2.38 bits per heavy atom. The van der Waals surface area contributed by atoms with Crippen LogP contribution < -0.4 is 0 Å². The van der Waals surface area contributed by atoms with Crippen LogP contribution >= 0.6 is 22.9 Å². The quantitative estimate of drug-likeness (QED) is 0.800. The van der Waals surface area contributed by atoms with E-state index >= 15 is 0 Å². The van der Waals surface area contributed by atoms with Crippen LogP contribution in [0.4, 0.5) is 0 Å². The standard InChI is InChI=1S/C7H6ClN3OS/c8-5-2-1-4(13-5)6(12)7-9-3-10-11-7/h1-3,6,12H,(H,9,10,11). The minimum atomic E-state index is -0.764. The second kappa shape index (κ2) is 3.45. The summed E-state index contributed by atoms with van der Waals surface area (Å²) in [7, 11) is 0. The first-order valence-corrected chi connectivity index (χ1v) is 4.75. The van der Waals surface area contributed by atoms with Crippen molar-refractivity contribution in [1.82, 2.24) is 15.2 Å². The Bertz CT molecular complexity index is 386. The molecule has 0 saturated heterocycles. The van der Waals surface area contributed by atoms with Crippen molar-refractivity contribution in [3.8, 4) is 0 Å². The third kappa shape index (κ3) is 1.72. The Kier molecular flexibility index (Phi) is 2.30. The molecule has 2 heterocycles. The Balaban J connectivity index is 2.28. The second-order valence-corrected chi connectivity index (χ2v) is 4.16. The van der Waals surface area contributed by atoms with Crippen molar-refractivity contribution >= 4 is 22.9 Å². The van der Waals surface area contributed by atoms with Crippen molar-refractivity contribution in [3.63, 3.8) is 0 Å². The number of halogens is 1. The number of hydrogen-bond donors (Lipinski definition) is 2. The molecule has 68 valence electrons. The van der Waals surface area contributed by atoms with Gasteiger partial charge in [-0.1, -0.05) is 11.6 Å². The zero-order valence-electron chi connectivity index (χ0n) is 6.44. The summed E-state index contributed by atoms with van der Waals surface area (Å²) < 4.78 is 0.647. The van der Waals surface area contributed by atoms with Crippen molar-refractivity contribution in [1.29, 1.82) is 0 Å². The highest BCUT2D eigenvalue weighted by atomic mass is 35.5. The minimum absolute atomic E-state index is 0.429. The van der Waals surface area contributed by atoms with Gasteiger partial charge < -0.3 is 5.11 Å². The Labute approximate surface area is 83.2 Å². The zero-order valence-corrected chi connectivity index (χ0v) is 8.01. The topological polar surface area (TPSA) is 61.8 Å². The summed E-state index contributed by atoms with van der Waals surface area (Å²) in [6, 6.07) is 3.50. The predicted octanol–water partition coefficient (Wildman–Crippen LogP) is 1.60. The van der Waals surface area contributed by atoms with Crippen LogP contribution in [0.5, 0.6) is 0 Å². The maximum atomic E-state index is 9.71. The van der Waals surface area contributed by atoms with Gasteiger partial charge in [0.2, 0.25) is 0 Å². The van der Waals surface area contributed by atoms with Crippen molar-refractivity contribution in [2.24, 2.45) is 0 Å². The van der Waals surface area contributed by atoms with E-state index in [0.717, 1.165) is 4.88 Å². The van der Waals surface area contributed by atoms with Gasteiger partial charge in [0.05, 0.1) is 4.34 Å². The van der Waals surface area contributed by atoms with Crippen LogP contribution in [0.15, 0.2) is 18.5 Å². The number of aliphatic hydroxyl groups excluding tert-OH is 1. The average molecular weight is 216 g/mol. The summed E-state index contributed by atoms with van der Waals surface area (Å²) in [6.45, 7) is 0. The fourth-order valence-corrected chi connectivity index (χ4v) is 2.01. The zero-order chi connectivity index (χ0) is 9.26. The molecule has 1 atom stereocenters. The first-order valence-electron chi connectivity index (χ1n) is 3.56. The molecule has 0 aliphatic rings. The number of aliphatic hydroxyl groups is 1. The van der Waals surface area contributed by atoms with E-state index in [-0.39, 0.29) is 0 Å². The lowest BCUT2D eigenvalue weighted by molar-refractivity contribution is 0.214. The minimum Gasteiger partial charge on any atom is -0.379 e. The fourth-order valence-electron chi connectivity index (χ4n) is 0.957. The lowest BCUT2D eigenvalue weighted by Crippen LogP contribution is -1.99. The Morgan fingerprint density at radius 1 is 1.54 bits per heavy atom. The predicted molar refractivity (Wildman–Crippen MR) is 49.8 cm³/mol. The van der Waals surface area contributed by atoms with Crippen LogP contribution in [-0.2, 0) is 0 Å². The summed E-state index contributed by atoms with van der Waals surface area (Å²) in [4.78, 5) is 4.60. The smallest absolute Gasteiger partial charge is 0.158 e. The van der Waals surface area contributed by atoms with Gasteiger partial charge in [0.15, 0.2) is 5.82 Å². The molecule has 1 unspecified atom stereocenters. The van der Waals surface area contributed by atoms with Crippen molar-refractivity contribution in [3.05, 3.63) is 33.5 Å². The fraction of sp³-hybridized carbons (Fsp3) is 0.143. The van der Waals surface area contributed by atoms with E-state index in [4.69, 9.17) is 11.6 Å². The van der Waals surface area contributed by atoms with E-state index < -0.39 is 6.10 Å². The summed E-state index contributed by atoms with van der Waals surface area (Å²) in [6.07, 6.45) is 0.591. The number of nitrogens with one attached hydrogen (secondary N) is 1. The van der Waals surface area contributed by atoms with Gasteiger partial charge in [-0.2, -0.15) is 5.10 Å². The molecule has 0 bridgehead atoms. The third-order valence-electron chi connectivity index (χ3n) is 1.56. The molecular formula is C7H6ClN3OS. The molecule has 6 heteroatoms. The van der Waals surface area contributed by atoms with Crippen LogP contribution in [0.3, 0.4) is 0 Å². The molecule has 2 aromatic heterocycles. The maximum absolute atomic E-state index is 9.71. The number of hydrogen-bond acceptors (Lipinski definition) is 4. The number of thiophene rings is 1. The normalized spacial score (nSPS) is 13.1. The van der Waals surface area contributed by atoms with Crippen molar-refractivity contribution in [2.45, 2.75) is 6.10 Å². The van der Waals surface area contributed by atoms with Crippen LogP contribution in [0, 0.1) is 0 Å².